The van der Waals surface area contributed by atoms with Crippen LogP contribution in [-0.4, -0.2) is 30.1 Å². The van der Waals surface area contributed by atoms with Crippen molar-refractivity contribution in [3.63, 3.8) is 0 Å². The molecule has 0 unspecified atom stereocenters. The normalized spacial score (nSPS) is 11.9. The number of nitrogens with one attached hydrogen (secondary N) is 3. The fourth-order valence-corrected chi connectivity index (χ4v) is 3.39. The Morgan fingerprint density at radius 1 is 0.781 bits per heavy atom. The molecule has 1 aliphatic heterocycles. The molecule has 9 heteroatoms. The number of halogens is 1. The maximum Gasteiger partial charge on any atom is 0.257 e. The fraction of sp³-hybridized carbons (Fsp3) is 0.0870. The van der Waals surface area contributed by atoms with Crippen molar-refractivity contribution >= 4 is 52.1 Å². The Morgan fingerprint density at radius 3 is 2.16 bits per heavy atom. The molecule has 32 heavy (non-hydrogen) atoms. The molecule has 7 nitrogen and oxygen atoms in total. The van der Waals surface area contributed by atoms with Gasteiger partial charge < -0.3 is 20.1 Å². The molecule has 1 aliphatic rings. The first-order chi connectivity index (χ1) is 15.5. The van der Waals surface area contributed by atoms with Crippen molar-refractivity contribution in [3.05, 3.63) is 82.9 Å². The van der Waals surface area contributed by atoms with Crippen LogP contribution >= 0.6 is 23.8 Å². The molecule has 0 bridgehead atoms. The van der Waals surface area contributed by atoms with Gasteiger partial charge in [-0.05, 0) is 72.9 Å². The van der Waals surface area contributed by atoms with E-state index in [1.54, 1.807) is 66.7 Å². The van der Waals surface area contributed by atoms with E-state index in [9.17, 15) is 9.59 Å². The molecule has 0 atom stereocenters. The SMILES string of the molecule is O=C(NC(=S)Nc1ccc(NC(=O)c2cccc(Cl)c2)cc1)c1ccc2c(c1)OCCO2. The molecule has 0 saturated heterocycles. The highest BCUT2D eigenvalue weighted by Gasteiger charge is 2.15. The highest BCUT2D eigenvalue weighted by molar-refractivity contribution is 7.80. The van der Waals surface area contributed by atoms with Crippen LogP contribution in [0.25, 0.3) is 0 Å². The van der Waals surface area contributed by atoms with Crippen LogP contribution in [0.3, 0.4) is 0 Å². The number of thiocarbonyl (C=S) groups is 1. The summed E-state index contributed by atoms with van der Waals surface area (Å²) in [6.45, 7) is 0.920. The Balaban J connectivity index is 1.32. The van der Waals surface area contributed by atoms with Gasteiger partial charge in [0.15, 0.2) is 16.6 Å². The highest BCUT2D eigenvalue weighted by Crippen LogP contribution is 2.30. The standard InChI is InChI=1S/C23H18ClN3O4S/c24-16-3-1-2-14(12-16)21(28)25-17-5-7-18(8-6-17)26-23(32)27-22(29)15-4-9-19-20(13-15)31-11-10-30-19/h1-9,12-13H,10-11H2,(H,25,28)(H2,26,27,29,32). The van der Waals surface area contributed by atoms with Crippen LogP contribution in [0.4, 0.5) is 11.4 Å². The van der Waals surface area contributed by atoms with Crippen molar-refractivity contribution < 1.29 is 19.1 Å². The van der Waals surface area contributed by atoms with Crippen LogP contribution in [0.5, 0.6) is 11.5 Å². The summed E-state index contributed by atoms with van der Waals surface area (Å²) in [4.78, 5) is 24.8. The largest absolute Gasteiger partial charge is 0.486 e. The van der Waals surface area contributed by atoms with Gasteiger partial charge in [0.1, 0.15) is 13.2 Å². The lowest BCUT2D eigenvalue weighted by Gasteiger charge is -2.18. The van der Waals surface area contributed by atoms with Crippen molar-refractivity contribution in [2.75, 3.05) is 23.8 Å². The van der Waals surface area contributed by atoms with E-state index in [0.29, 0.717) is 52.2 Å². The second-order valence-corrected chi connectivity index (χ2v) is 7.65. The fourth-order valence-electron chi connectivity index (χ4n) is 2.99. The van der Waals surface area contributed by atoms with Crippen LogP contribution in [-0.2, 0) is 0 Å². The number of anilines is 2. The minimum Gasteiger partial charge on any atom is -0.486 e. The second-order valence-electron chi connectivity index (χ2n) is 6.81. The molecule has 1 heterocycles. The summed E-state index contributed by atoms with van der Waals surface area (Å²) in [5.74, 6) is 0.495. The lowest BCUT2D eigenvalue weighted by molar-refractivity contribution is 0.0975. The Hall–Kier alpha value is -3.62. The van der Waals surface area contributed by atoms with E-state index in [1.807, 2.05) is 0 Å². The van der Waals surface area contributed by atoms with E-state index < -0.39 is 0 Å². The number of hydrogen-bond acceptors (Lipinski definition) is 5. The van der Waals surface area contributed by atoms with Crippen LogP contribution in [0.2, 0.25) is 5.02 Å². The summed E-state index contributed by atoms with van der Waals surface area (Å²) in [6.07, 6.45) is 0. The van der Waals surface area contributed by atoms with Crippen molar-refractivity contribution in [2.45, 2.75) is 0 Å². The molecule has 2 amide bonds. The zero-order chi connectivity index (χ0) is 22.5. The second kappa shape index (κ2) is 9.67. The lowest BCUT2D eigenvalue weighted by Crippen LogP contribution is -2.34. The van der Waals surface area contributed by atoms with Gasteiger partial charge in [-0.15, -0.1) is 0 Å². The quantitative estimate of drug-likeness (QED) is 0.490. The number of carbonyl (C=O) groups is 2. The summed E-state index contributed by atoms with van der Waals surface area (Å²) in [7, 11) is 0. The molecule has 3 aromatic rings. The van der Waals surface area contributed by atoms with Crippen LogP contribution in [0, 0.1) is 0 Å². The van der Waals surface area contributed by atoms with Gasteiger partial charge in [-0.1, -0.05) is 17.7 Å². The summed E-state index contributed by atoms with van der Waals surface area (Å²) in [5, 5.41) is 8.99. The van der Waals surface area contributed by atoms with Crippen molar-refractivity contribution in [3.8, 4) is 11.5 Å². The topological polar surface area (TPSA) is 88.7 Å². The van der Waals surface area contributed by atoms with E-state index in [-0.39, 0.29) is 16.9 Å². The number of carbonyl (C=O) groups excluding carboxylic acids is 2. The van der Waals surface area contributed by atoms with Gasteiger partial charge in [0.05, 0.1) is 0 Å². The molecular formula is C23H18ClN3O4S. The summed E-state index contributed by atoms with van der Waals surface area (Å²) in [5.41, 5.74) is 2.12. The lowest BCUT2D eigenvalue weighted by atomic mass is 10.2. The van der Waals surface area contributed by atoms with Gasteiger partial charge >= 0.3 is 0 Å². The number of hydrogen-bond donors (Lipinski definition) is 3. The third-order valence-corrected chi connectivity index (χ3v) is 4.96. The first-order valence-electron chi connectivity index (χ1n) is 9.67. The predicted molar refractivity (Wildman–Crippen MR) is 127 cm³/mol. The van der Waals surface area contributed by atoms with E-state index >= 15 is 0 Å². The van der Waals surface area contributed by atoms with Gasteiger partial charge in [0, 0.05) is 27.5 Å². The molecule has 0 saturated carbocycles. The van der Waals surface area contributed by atoms with Crippen molar-refractivity contribution in [1.82, 2.24) is 5.32 Å². The monoisotopic (exact) mass is 467 g/mol. The number of benzene rings is 3. The smallest absolute Gasteiger partial charge is 0.257 e. The Morgan fingerprint density at radius 2 is 1.44 bits per heavy atom. The molecule has 0 aliphatic carbocycles. The molecule has 0 aromatic heterocycles. The Bertz CT molecular complexity index is 1180. The van der Waals surface area contributed by atoms with E-state index in [1.165, 1.54) is 0 Å². The predicted octanol–water partition coefficient (Wildman–Crippen LogP) is 4.49. The van der Waals surface area contributed by atoms with Crippen molar-refractivity contribution in [1.29, 1.82) is 0 Å². The molecule has 3 N–H and O–H groups in total. The van der Waals surface area contributed by atoms with Crippen LogP contribution < -0.4 is 25.4 Å². The zero-order valence-electron chi connectivity index (χ0n) is 16.7. The average Bonchev–Trinajstić information content (AvgIpc) is 2.80. The minimum atomic E-state index is -0.370. The van der Waals surface area contributed by atoms with Crippen LogP contribution in [0.1, 0.15) is 20.7 Å². The molecule has 0 radical (unpaired) electrons. The number of rotatable bonds is 4. The zero-order valence-corrected chi connectivity index (χ0v) is 18.3. The minimum absolute atomic E-state index is 0.139. The summed E-state index contributed by atoms with van der Waals surface area (Å²) >= 11 is 11.2. The van der Waals surface area contributed by atoms with Gasteiger partial charge in [0.2, 0.25) is 0 Å². The first-order valence-corrected chi connectivity index (χ1v) is 10.5. The third kappa shape index (κ3) is 5.35. The van der Waals surface area contributed by atoms with E-state index in [2.05, 4.69) is 16.0 Å². The van der Waals surface area contributed by atoms with Crippen LogP contribution in [0.15, 0.2) is 66.7 Å². The van der Waals surface area contributed by atoms with Gasteiger partial charge in [0.25, 0.3) is 11.8 Å². The highest BCUT2D eigenvalue weighted by atomic mass is 35.5. The molecule has 0 spiro atoms. The first kappa shape index (κ1) is 21.6. The molecular weight excluding hydrogens is 450 g/mol. The van der Waals surface area contributed by atoms with E-state index in [0.717, 1.165) is 0 Å². The number of ether oxygens (including phenoxy) is 2. The van der Waals surface area contributed by atoms with E-state index in [4.69, 9.17) is 33.3 Å². The number of amides is 2. The van der Waals surface area contributed by atoms with Crippen molar-refractivity contribution in [2.24, 2.45) is 0 Å². The molecule has 0 fully saturated rings. The summed E-state index contributed by atoms with van der Waals surface area (Å²) in [6, 6.07) is 18.5. The maximum absolute atomic E-state index is 12.5. The Kier molecular flexibility index (Phi) is 6.53. The number of fused-ring (bicyclic) bond motifs is 1. The summed E-state index contributed by atoms with van der Waals surface area (Å²) < 4.78 is 11.0. The van der Waals surface area contributed by atoms with Gasteiger partial charge in [-0.25, -0.2) is 0 Å². The third-order valence-electron chi connectivity index (χ3n) is 4.52. The molecule has 4 rings (SSSR count). The Labute approximate surface area is 194 Å². The molecule has 162 valence electrons. The maximum atomic E-state index is 12.5. The molecule has 3 aromatic carbocycles. The average molecular weight is 468 g/mol. The van der Waals surface area contributed by atoms with Gasteiger partial charge in [-0.2, -0.15) is 0 Å². The van der Waals surface area contributed by atoms with Gasteiger partial charge in [-0.3, -0.25) is 14.9 Å².